The number of hydrogen-bond donors (Lipinski definition) is 1. The monoisotopic (exact) mass is 230 g/mol. The summed E-state index contributed by atoms with van der Waals surface area (Å²) < 4.78 is 0. The van der Waals surface area contributed by atoms with Crippen LogP contribution in [-0.2, 0) is 21.7 Å². The molecule has 1 aliphatic rings. The minimum Gasteiger partial charge on any atom is -0.392 e. The Morgan fingerprint density at radius 3 is 1.64 bits per heavy atom. The van der Waals surface area contributed by atoms with Crippen molar-refractivity contribution in [3.05, 3.63) is 22.3 Å². The van der Waals surface area contributed by atoms with Crippen molar-refractivity contribution in [1.29, 1.82) is 0 Å². The minimum atomic E-state index is 0. The average molecular weight is 230 g/mol. The Morgan fingerprint density at radius 2 is 1.50 bits per heavy atom. The summed E-state index contributed by atoms with van der Waals surface area (Å²) in [5.74, 6) is 0. The van der Waals surface area contributed by atoms with Gasteiger partial charge in [-0.25, -0.2) is 0 Å². The van der Waals surface area contributed by atoms with Gasteiger partial charge in [0.15, 0.2) is 0 Å². The maximum Gasteiger partial charge on any atom is 0.0655 e. The second kappa shape index (κ2) is 5.30. The number of allylic oxidation sites excluding steroid dienone is 3. The molecular formula is C12H22OTi. The van der Waals surface area contributed by atoms with E-state index in [-0.39, 0.29) is 41.2 Å². The van der Waals surface area contributed by atoms with Crippen molar-refractivity contribution >= 4 is 0 Å². The van der Waals surface area contributed by atoms with Gasteiger partial charge in [-0.3, -0.25) is 0 Å². The van der Waals surface area contributed by atoms with Crippen molar-refractivity contribution in [2.45, 2.75) is 42.0 Å². The molecule has 14 heavy (non-hydrogen) atoms. The first-order valence-corrected chi connectivity index (χ1v) is 4.42. The third kappa shape index (κ3) is 2.21. The van der Waals surface area contributed by atoms with Crippen LogP contribution < -0.4 is 0 Å². The Balaban J connectivity index is 0. The standard InChI is InChI=1S/C11H18O.CH4.Ti/c1-7-8(2)10(6-12)11(4,5)9(7)3;;/h12H,6H2,1-5H3;1H4;. The second-order valence-corrected chi connectivity index (χ2v) is 4.14. The molecule has 0 bridgehead atoms. The Labute approximate surface area is 103 Å². The quantitative estimate of drug-likeness (QED) is 0.685. The molecule has 0 aromatic rings. The molecule has 1 nitrogen and oxygen atoms in total. The van der Waals surface area contributed by atoms with Gasteiger partial charge in [-0.1, -0.05) is 26.8 Å². The average Bonchev–Trinajstić information content (AvgIpc) is 2.13. The van der Waals surface area contributed by atoms with Gasteiger partial charge in [0.25, 0.3) is 0 Å². The summed E-state index contributed by atoms with van der Waals surface area (Å²) in [7, 11) is 0. The van der Waals surface area contributed by atoms with Crippen LogP contribution in [0.4, 0.5) is 0 Å². The molecular weight excluding hydrogens is 208 g/mol. The van der Waals surface area contributed by atoms with E-state index in [1.165, 1.54) is 22.3 Å². The van der Waals surface area contributed by atoms with E-state index < -0.39 is 0 Å². The summed E-state index contributed by atoms with van der Waals surface area (Å²) in [6.07, 6.45) is 0. The molecule has 0 aromatic heterocycles. The molecule has 0 amide bonds. The van der Waals surface area contributed by atoms with Gasteiger partial charge in [0.1, 0.15) is 0 Å². The van der Waals surface area contributed by atoms with Crippen molar-refractivity contribution in [3.63, 3.8) is 0 Å². The Morgan fingerprint density at radius 1 is 1.07 bits per heavy atom. The van der Waals surface area contributed by atoms with Crippen LogP contribution in [-0.4, -0.2) is 11.7 Å². The minimum absolute atomic E-state index is 0. The van der Waals surface area contributed by atoms with Gasteiger partial charge in [0.05, 0.1) is 6.61 Å². The van der Waals surface area contributed by atoms with E-state index in [0.717, 1.165) is 0 Å². The fourth-order valence-corrected chi connectivity index (χ4v) is 1.99. The summed E-state index contributed by atoms with van der Waals surface area (Å²) in [6.45, 7) is 10.9. The van der Waals surface area contributed by atoms with Crippen LogP contribution in [0.1, 0.15) is 42.0 Å². The molecule has 0 aliphatic heterocycles. The summed E-state index contributed by atoms with van der Waals surface area (Å²) in [6, 6.07) is 0. The van der Waals surface area contributed by atoms with Crippen LogP contribution in [0, 0.1) is 5.41 Å². The van der Waals surface area contributed by atoms with Crippen molar-refractivity contribution in [2.75, 3.05) is 6.61 Å². The van der Waals surface area contributed by atoms with Crippen LogP contribution in [0.3, 0.4) is 0 Å². The van der Waals surface area contributed by atoms with Crippen molar-refractivity contribution in [3.8, 4) is 0 Å². The van der Waals surface area contributed by atoms with Crippen molar-refractivity contribution < 1.29 is 26.8 Å². The molecule has 0 atom stereocenters. The first-order chi connectivity index (χ1) is 5.42. The molecule has 0 fully saturated rings. The number of hydrogen-bond acceptors (Lipinski definition) is 1. The zero-order valence-corrected chi connectivity index (χ0v) is 10.7. The number of rotatable bonds is 1. The summed E-state index contributed by atoms with van der Waals surface area (Å²) in [4.78, 5) is 0. The maximum absolute atomic E-state index is 9.22. The summed E-state index contributed by atoms with van der Waals surface area (Å²) >= 11 is 0. The van der Waals surface area contributed by atoms with Crippen molar-refractivity contribution in [1.82, 2.24) is 0 Å². The molecule has 0 saturated heterocycles. The molecule has 0 unspecified atom stereocenters. The van der Waals surface area contributed by atoms with Gasteiger partial charge < -0.3 is 5.11 Å². The third-order valence-electron chi connectivity index (χ3n) is 3.43. The number of aliphatic hydroxyl groups is 1. The van der Waals surface area contributed by atoms with Crippen LogP contribution in [0.25, 0.3) is 0 Å². The molecule has 1 N–H and O–H groups in total. The van der Waals surface area contributed by atoms with E-state index in [9.17, 15) is 5.11 Å². The topological polar surface area (TPSA) is 20.2 Å². The number of aliphatic hydroxyl groups excluding tert-OH is 1. The normalized spacial score (nSPS) is 19.3. The van der Waals surface area contributed by atoms with E-state index in [1.807, 2.05) is 0 Å². The van der Waals surface area contributed by atoms with Crippen LogP contribution in [0.15, 0.2) is 22.3 Å². The molecule has 1 rings (SSSR count). The van der Waals surface area contributed by atoms with Crippen LogP contribution in [0.5, 0.6) is 0 Å². The predicted molar refractivity (Wildman–Crippen MR) is 58.7 cm³/mol. The maximum atomic E-state index is 9.22. The van der Waals surface area contributed by atoms with Gasteiger partial charge in [0.2, 0.25) is 0 Å². The molecule has 0 spiro atoms. The Kier molecular flexibility index (Phi) is 6.27. The first kappa shape index (κ1) is 16.6. The van der Waals surface area contributed by atoms with Gasteiger partial charge in [-0.15, -0.1) is 0 Å². The molecule has 80 valence electrons. The largest absolute Gasteiger partial charge is 0.392 e. The molecule has 0 saturated carbocycles. The van der Waals surface area contributed by atoms with Crippen molar-refractivity contribution in [2.24, 2.45) is 5.41 Å². The fourth-order valence-electron chi connectivity index (χ4n) is 1.99. The summed E-state index contributed by atoms with van der Waals surface area (Å²) in [5, 5.41) is 9.22. The third-order valence-corrected chi connectivity index (χ3v) is 3.43. The van der Waals surface area contributed by atoms with E-state index >= 15 is 0 Å². The van der Waals surface area contributed by atoms with E-state index in [1.54, 1.807) is 0 Å². The van der Waals surface area contributed by atoms with Crippen LogP contribution in [0.2, 0.25) is 0 Å². The van der Waals surface area contributed by atoms with Gasteiger partial charge in [-0.2, -0.15) is 0 Å². The first-order valence-electron chi connectivity index (χ1n) is 4.42. The van der Waals surface area contributed by atoms with E-state index in [4.69, 9.17) is 0 Å². The van der Waals surface area contributed by atoms with Gasteiger partial charge in [0, 0.05) is 27.1 Å². The molecule has 1 aliphatic carbocycles. The van der Waals surface area contributed by atoms with E-state index in [0.29, 0.717) is 0 Å². The molecule has 0 heterocycles. The van der Waals surface area contributed by atoms with Gasteiger partial charge in [-0.05, 0) is 37.5 Å². The molecule has 0 aromatic carbocycles. The Hall–Kier alpha value is 0.154. The van der Waals surface area contributed by atoms with Crippen LogP contribution >= 0.6 is 0 Å². The fraction of sp³-hybridized carbons (Fsp3) is 0.667. The van der Waals surface area contributed by atoms with Gasteiger partial charge >= 0.3 is 0 Å². The zero-order chi connectivity index (χ0) is 9.52. The molecule has 2 heteroatoms. The SMILES string of the molecule is C.CC1=C(C)C(C)(C)C(CO)=C1C.[Ti]. The Bertz CT molecular complexity index is 272. The molecule has 0 radical (unpaired) electrons. The summed E-state index contributed by atoms with van der Waals surface area (Å²) in [5.41, 5.74) is 5.27. The zero-order valence-electron chi connectivity index (χ0n) is 9.15. The second-order valence-electron chi connectivity index (χ2n) is 4.14. The van der Waals surface area contributed by atoms with E-state index in [2.05, 4.69) is 34.6 Å². The smallest absolute Gasteiger partial charge is 0.0655 e. The predicted octanol–water partition coefficient (Wildman–Crippen LogP) is 3.31.